The number of rotatable bonds is 3. The van der Waals surface area contributed by atoms with E-state index in [1.54, 1.807) is 4.31 Å². The maximum Gasteiger partial charge on any atom is 0.216 e. The lowest BCUT2D eigenvalue weighted by atomic mass is 10.0. The van der Waals surface area contributed by atoms with Crippen molar-refractivity contribution in [2.45, 2.75) is 50.2 Å². The first-order chi connectivity index (χ1) is 8.14. The summed E-state index contributed by atoms with van der Waals surface area (Å²) in [4.78, 5) is 0. The lowest BCUT2D eigenvalue weighted by molar-refractivity contribution is 0.279. The van der Waals surface area contributed by atoms with Crippen LogP contribution in [0.1, 0.15) is 44.9 Å². The van der Waals surface area contributed by atoms with Crippen molar-refractivity contribution in [2.24, 2.45) is 5.92 Å². The van der Waals surface area contributed by atoms with Crippen molar-refractivity contribution in [1.29, 1.82) is 0 Å². The van der Waals surface area contributed by atoms with Crippen LogP contribution in [0.5, 0.6) is 0 Å². The summed E-state index contributed by atoms with van der Waals surface area (Å²) in [6.07, 6.45) is 7.29. The molecule has 0 radical (unpaired) electrons. The minimum absolute atomic E-state index is 0.0923. The van der Waals surface area contributed by atoms with Gasteiger partial charge in [0, 0.05) is 18.4 Å². The number of hydrogen-bond acceptors (Lipinski definition) is 2. The molecular weight excluding hydrogens is 302 g/mol. The Balaban J connectivity index is 2.03. The molecule has 1 atom stereocenters. The molecule has 0 aromatic heterocycles. The first kappa shape index (κ1) is 13.8. The van der Waals surface area contributed by atoms with Gasteiger partial charge < -0.3 is 0 Å². The second-order valence-corrected chi connectivity index (χ2v) is 8.19. The maximum absolute atomic E-state index is 12.5. The van der Waals surface area contributed by atoms with Crippen molar-refractivity contribution < 1.29 is 8.42 Å². The highest BCUT2D eigenvalue weighted by molar-refractivity contribution is 9.09. The highest BCUT2D eigenvalue weighted by atomic mass is 79.9. The summed E-state index contributed by atoms with van der Waals surface area (Å²) in [6, 6.07) is 0. The SMILES string of the molecule is O=S(=O)(C1CCCCC1)N1CCCC(CBr)C1. The molecule has 0 aromatic carbocycles. The van der Waals surface area contributed by atoms with Crippen LogP contribution in [-0.4, -0.2) is 36.4 Å². The molecule has 2 aliphatic rings. The normalized spacial score (nSPS) is 29.4. The van der Waals surface area contributed by atoms with E-state index in [4.69, 9.17) is 0 Å². The van der Waals surface area contributed by atoms with Gasteiger partial charge in [0.2, 0.25) is 10.0 Å². The zero-order chi connectivity index (χ0) is 12.3. The summed E-state index contributed by atoms with van der Waals surface area (Å²) in [7, 11) is -3.02. The number of sulfonamides is 1. The fourth-order valence-corrected chi connectivity index (χ4v) is 5.64. The molecule has 1 aliphatic heterocycles. The number of hydrogen-bond donors (Lipinski definition) is 0. The van der Waals surface area contributed by atoms with E-state index in [-0.39, 0.29) is 5.25 Å². The molecule has 3 nitrogen and oxygen atoms in total. The summed E-state index contributed by atoms with van der Waals surface area (Å²) in [5.41, 5.74) is 0. The first-order valence-corrected chi connectivity index (χ1v) is 9.32. The largest absolute Gasteiger partial charge is 0.216 e. The third-order valence-corrected chi connectivity index (χ3v) is 7.31. The minimum Gasteiger partial charge on any atom is -0.212 e. The minimum atomic E-state index is -3.02. The van der Waals surface area contributed by atoms with Gasteiger partial charge in [0.15, 0.2) is 0 Å². The second kappa shape index (κ2) is 6.02. The first-order valence-electron chi connectivity index (χ1n) is 6.69. The van der Waals surface area contributed by atoms with Gasteiger partial charge in [-0.1, -0.05) is 35.2 Å². The van der Waals surface area contributed by atoms with Crippen LogP contribution in [0.15, 0.2) is 0 Å². The molecule has 0 spiro atoms. The summed E-state index contributed by atoms with van der Waals surface area (Å²) < 4.78 is 26.8. The predicted molar refractivity (Wildman–Crippen MR) is 73.9 cm³/mol. The van der Waals surface area contributed by atoms with Crippen molar-refractivity contribution in [3.05, 3.63) is 0 Å². The molecule has 17 heavy (non-hydrogen) atoms. The molecule has 0 N–H and O–H groups in total. The van der Waals surface area contributed by atoms with Gasteiger partial charge in [0.25, 0.3) is 0 Å². The third kappa shape index (κ3) is 3.24. The van der Waals surface area contributed by atoms with Gasteiger partial charge in [-0.2, -0.15) is 0 Å². The molecule has 1 aliphatic carbocycles. The fraction of sp³-hybridized carbons (Fsp3) is 1.00. The molecule has 5 heteroatoms. The smallest absolute Gasteiger partial charge is 0.212 e. The zero-order valence-corrected chi connectivity index (χ0v) is 12.7. The summed E-state index contributed by atoms with van der Waals surface area (Å²) in [5.74, 6) is 0.502. The fourth-order valence-electron chi connectivity index (χ4n) is 2.96. The number of alkyl halides is 1. The Morgan fingerprint density at radius 1 is 1.06 bits per heavy atom. The van der Waals surface area contributed by atoms with Crippen LogP contribution in [0.4, 0.5) is 0 Å². The zero-order valence-electron chi connectivity index (χ0n) is 10.3. The van der Waals surface area contributed by atoms with Crippen molar-refractivity contribution in [3.63, 3.8) is 0 Å². The van der Waals surface area contributed by atoms with E-state index in [0.717, 1.165) is 56.9 Å². The Labute approximate surface area is 113 Å². The van der Waals surface area contributed by atoms with Crippen LogP contribution < -0.4 is 0 Å². The molecule has 1 saturated heterocycles. The van der Waals surface area contributed by atoms with Gasteiger partial charge in [-0.05, 0) is 31.6 Å². The predicted octanol–water partition coefficient (Wildman–Crippen LogP) is 2.76. The topological polar surface area (TPSA) is 37.4 Å². The Kier molecular flexibility index (Phi) is 4.89. The molecular formula is C12H22BrNO2S. The standard InChI is InChI=1S/C12H22BrNO2S/c13-9-11-5-4-8-14(10-11)17(15,16)12-6-2-1-3-7-12/h11-12H,1-10H2. The van der Waals surface area contributed by atoms with E-state index >= 15 is 0 Å². The third-order valence-electron chi connectivity index (χ3n) is 4.03. The molecule has 100 valence electrons. The quantitative estimate of drug-likeness (QED) is 0.749. The monoisotopic (exact) mass is 323 g/mol. The van der Waals surface area contributed by atoms with Gasteiger partial charge >= 0.3 is 0 Å². The highest BCUT2D eigenvalue weighted by Crippen LogP contribution is 2.29. The second-order valence-electron chi connectivity index (χ2n) is 5.33. The number of halogens is 1. The van der Waals surface area contributed by atoms with Crippen molar-refractivity contribution in [3.8, 4) is 0 Å². The average Bonchev–Trinajstić information content (AvgIpc) is 2.40. The molecule has 0 aromatic rings. The van der Waals surface area contributed by atoms with Gasteiger partial charge in [-0.25, -0.2) is 12.7 Å². The summed E-state index contributed by atoms with van der Waals surface area (Å²) >= 11 is 3.48. The average molecular weight is 324 g/mol. The van der Waals surface area contributed by atoms with Gasteiger partial charge in [0.05, 0.1) is 5.25 Å². The molecule has 1 heterocycles. The van der Waals surface area contributed by atoms with Crippen molar-refractivity contribution in [1.82, 2.24) is 4.31 Å². The van der Waals surface area contributed by atoms with Gasteiger partial charge in [-0.15, -0.1) is 0 Å². The van der Waals surface area contributed by atoms with Gasteiger partial charge in [0.1, 0.15) is 0 Å². The van der Waals surface area contributed by atoms with Crippen LogP contribution in [0.3, 0.4) is 0 Å². The number of nitrogens with zero attached hydrogens (tertiary/aromatic N) is 1. The maximum atomic E-state index is 12.5. The number of piperidine rings is 1. The van der Waals surface area contributed by atoms with Gasteiger partial charge in [-0.3, -0.25) is 0 Å². The van der Waals surface area contributed by atoms with E-state index in [0.29, 0.717) is 5.92 Å². The summed E-state index contributed by atoms with van der Waals surface area (Å²) in [5, 5.41) is 0.828. The van der Waals surface area contributed by atoms with E-state index in [1.807, 2.05) is 0 Å². The van der Waals surface area contributed by atoms with Crippen LogP contribution in [0, 0.1) is 5.92 Å². The lowest BCUT2D eigenvalue weighted by Gasteiger charge is -2.34. The van der Waals surface area contributed by atoms with Crippen molar-refractivity contribution in [2.75, 3.05) is 18.4 Å². The van der Waals surface area contributed by atoms with E-state index in [2.05, 4.69) is 15.9 Å². The molecule has 1 unspecified atom stereocenters. The van der Waals surface area contributed by atoms with Crippen LogP contribution in [0.25, 0.3) is 0 Å². The molecule has 1 saturated carbocycles. The summed E-state index contributed by atoms with van der Waals surface area (Å²) in [6.45, 7) is 1.46. The molecule has 2 rings (SSSR count). The van der Waals surface area contributed by atoms with Crippen LogP contribution in [-0.2, 0) is 10.0 Å². The Morgan fingerprint density at radius 2 is 1.76 bits per heavy atom. The van der Waals surface area contributed by atoms with E-state index in [1.165, 1.54) is 6.42 Å². The Bertz CT molecular complexity index is 338. The molecule has 0 amide bonds. The van der Waals surface area contributed by atoms with Crippen LogP contribution >= 0.6 is 15.9 Å². The van der Waals surface area contributed by atoms with E-state index in [9.17, 15) is 8.42 Å². The molecule has 0 bridgehead atoms. The van der Waals surface area contributed by atoms with E-state index < -0.39 is 10.0 Å². The highest BCUT2D eigenvalue weighted by Gasteiger charge is 2.35. The Morgan fingerprint density at radius 3 is 2.41 bits per heavy atom. The van der Waals surface area contributed by atoms with Crippen molar-refractivity contribution >= 4 is 26.0 Å². The molecule has 2 fully saturated rings. The Hall–Kier alpha value is 0.390. The van der Waals surface area contributed by atoms with Crippen LogP contribution in [0.2, 0.25) is 0 Å². The lowest BCUT2D eigenvalue weighted by Crippen LogP contribution is -2.45.